The van der Waals surface area contributed by atoms with Crippen LogP contribution in [0.5, 0.6) is 11.8 Å². The van der Waals surface area contributed by atoms with E-state index >= 15 is 0 Å². The Morgan fingerprint density at radius 3 is 2.21 bits per heavy atom. The van der Waals surface area contributed by atoms with E-state index in [9.17, 15) is 0 Å². The van der Waals surface area contributed by atoms with E-state index in [2.05, 4.69) is 52.9 Å². The molecule has 0 aliphatic rings. The molecule has 0 unspecified atom stereocenters. The van der Waals surface area contributed by atoms with Gasteiger partial charge in [0.2, 0.25) is 0 Å². The van der Waals surface area contributed by atoms with Crippen LogP contribution < -0.4 is 4.74 Å². The molecule has 3 heterocycles. The van der Waals surface area contributed by atoms with Gasteiger partial charge in [0.1, 0.15) is 0 Å². The summed E-state index contributed by atoms with van der Waals surface area (Å²) in [5, 5.41) is 33.0. The third-order valence-corrected chi connectivity index (χ3v) is 4.83. The third-order valence-electron chi connectivity index (χ3n) is 4.83. The van der Waals surface area contributed by atoms with Gasteiger partial charge in [0.05, 0.1) is 0 Å². The van der Waals surface area contributed by atoms with Gasteiger partial charge in [-0.25, -0.2) is 11.1 Å². The van der Waals surface area contributed by atoms with Crippen molar-refractivity contribution in [1.29, 1.82) is 0 Å². The Bertz CT molecular complexity index is 1560. The zero-order chi connectivity index (χ0) is 21.3. The van der Waals surface area contributed by atoms with Gasteiger partial charge in [-0.2, -0.15) is 24.3 Å². The molecule has 10 nitrogen and oxygen atoms in total. The van der Waals surface area contributed by atoms with Gasteiger partial charge >= 0.3 is 27.1 Å². The van der Waals surface area contributed by atoms with E-state index in [4.69, 9.17) is 4.74 Å². The zero-order valence-electron chi connectivity index (χ0n) is 16.6. The summed E-state index contributed by atoms with van der Waals surface area (Å²) >= 11 is 0. The largest absolute Gasteiger partial charge is 2.00 e. The smallest absolute Gasteiger partial charge is 0.443 e. The van der Waals surface area contributed by atoms with E-state index in [0.29, 0.717) is 11.7 Å². The Morgan fingerprint density at radius 2 is 1.39 bits per heavy atom. The van der Waals surface area contributed by atoms with Crippen LogP contribution in [-0.4, -0.2) is 45.4 Å². The van der Waals surface area contributed by atoms with Gasteiger partial charge in [-0.3, -0.25) is 4.57 Å². The summed E-state index contributed by atoms with van der Waals surface area (Å²) in [5.74, 6) is 0.806. The van der Waals surface area contributed by atoms with Crippen molar-refractivity contribution in [2.45, 2.75) is 0 Å². The monoisotopic (exact) mass is 612 g/mol. The Balaban J connectivity index is 0.00000228. The number of hydrogen-bond acceptors (Lipinski definition) is 9. The summed E-state index contributed by atoms with van der Waals surface area (Å²) in [6.07, 6.45) is 2.53. The molecule has 3 aromatic heterocycles. The van der Waals surface area contributed by atoms with Crippen LogP contribution in [-0.2, 0) is 21.1 Å². The fourth-order valence-corrected chi connectivity index (χ4v) is 3.54. The zero-order valence-corrected chi connectivity index (χ0v) is 18.9. The van der Waals surface area contributed by atoms with Gasteiger partial charge in [0.15, 0.2) is 12.7 Å². The van der Waals surface area contributed by atoms with Gasteiger partial charge in [-0.05, 0) is 17.0 Å². The molecule has 6 aromatic rings. The van der Waals surface area contributed by atoms with E-state index in [-0.39, 0.29) is 27.1 Å². The molecule has 0 saturated heterocycles. The van der Waals surface area contributed by atoms with E-state index in [1.807, 2.05) is 53.1 Å². The van der Waals surface area contributed by atoms with Crippen molar-refractivity contribution in [3.63, 3.8) is 0 Å². The van der Waals surface area contributed by atoms with Gasteiger partial charge < -0.3 is 4.74 Å². The van der Waals surface area contributed by atoms with Gasteiger partial charge in [-0.1, -0.05) is 33.8 Å². The summed E-state index contributed by atoms with van der Waals surface area (Å²) in [6, 6.07) is 24.3. The number of fused-ring (bicyclic) bond motifs is 3. The number of nitrogens with zero attached hydrogens (tertiary/aromatic N) is 9. The molecule has 0 spiro atoms. The first kappa shape index (κ1) is 20.7. The van der Waals surface area contributed by atoms with Crippen LogP contribution in [0.2, 0.25) is 0 Å². The molecular weight excluding hydrogens is 601 g/mol. The number of rotatable bonds is 4. The van der Waals surface area contributed by atoms with Crippen LogP contribution in [0.15, 0.2) is 67.3 Å². The topological polar surface area (TPSA) is 117 Å². The maximum Gasteiger partial charge on any atom is 2.00 e. The van der Waals surface area contributed by atoms with Crippen LogP contribution in [0, 0.1) is 12.1 Å². The van der Waals surface area contributed by atoms with E-state index in [1.54, 1.807) is 6.07 Å². The Labute approximate surface area is 201 Å². The average Bonchev–Trinajstić information content (AvgIpc) is 3.19. The van der Waals surface area contributed by atoms with Crippen molar-refractivity contribution in [2.75, 3.05) is 0 Å². The van der Waals surface area contributed by atoms with Crippen LogP contribution in [0.25, 0.3) is 38.9 Å². The molecule has 0 amide bonds. The second-order valence-electron chi connectivity index (χ2n) is 6.69. The van der Waals surface area contributed by atoms with Crippen LogP contribution in [0.3, 0.4) is 0 Å². The van der Waals surface area contributed by atoms with Crippen molar-refractivity contribution < 1.29 is 25.8 Å². The minimum atomic E-state index is 0. The van der Waals surface area contributed by atoms with Gasteiger partial charge in [0.25, 0.3) is 5.95 Å². The Hall–Kier alpha value is -4.17. The van der Waals surface area contributed by atoms with Gasteiger partial charge in [-0.15, -0.1) is 48.8 Å². The van der Waals surface area contributed by atoms with Crippen LogP contribution >= 0.6 is 0 Å². The van der Waals surface area contributed by atoms with Crippen LogP contribution in [0.4, 0.5) is 0 Å². The Morgan fingerprint density at radius 1 is 0.667 bits per heavy atom. The van der Waals surface area contributed by atoms with Crippen molar-refractivity contribution in [3.05, 3.63) is 79.4 Å². The molecule has 0 atom stereocenters. The number of hydrogen-bond donors (Lipinski definition) is 0. The first-order valence-corrected chi connectivity index (χ1v) is 9.54. The van der Waals surface area contributed by atoms with Crippen molar-refractivity contribution >= 4 is 21.8 Å². The summed E-state index contributed by atoms with van der Waals surface area (Å²) < 4.78 is 7.50. The summed E-state index contributed by atoms with van der Waals surface area (Å²) in [6.45, 7) is 0. The average molecular weight is 612 g/mol. The fourth-order valence-electron chi connectivity index (χ4n) is 3.54. The van der Waals surface area contributed by atoms with Crippen molar-refractivity contribution in [3.8, 4) is 28.8 Å². The SMILES string of the molecule is [Pt+2].[c-]1c(Oc2nncnn2)cccc1-c1[c-]c2c(cc1)c1ccccc1n2-c1nncnn1. The predicted octanol–water partition coefficient (Wildman–Crippen LogP) is 3.00. The number of benzene rings is 3. The molecule has 0 fully saturated rings. The molecular formula is C22H11N9OPt. The minimum Gasteiger partial charge on any atom is -0.443 e. The molecule has 0 aliphatic heterocycles. The molecule has 0 saturated carbocycles. The number of para-hydroxylation sites is 1. The minimum absolute atomic E-state index is 0. The number of ether oxygens (including phenoxy) is 1. The van der Waals surface area contributed by atoms with E-state index in [0.717, 1.165) is 32.9 Å². The normalized spacial score (nSPS) is 10.8. The standard InChI is InChI=1S/C22H11N9O.Pt/c1-2-7-19-17(6-1)18-9-8-15(11-20(18)31(19)21-27-23-12-24-28-21)14-4-3-5-16(10-14)32-22-29-25-13-26-30-22;/h1-9,12-13H;/q-2;+2. The maximum absolute atomic E-state index is 5.61. The van der Waals surface area contributed by atoms with Crippen molar-refractivity contribution in [2.24, 2.45) is 0 Å². The van der Waals surface area contributed by atoms with Gasteiger partial charge in [0, 0.05) is 11.3 Å². The second kappa shape index (κ2) is 8.76. The third kappa shape index (κ3) is 3.81. The molecule has 33 heavy (non-hydrogen) atoms. The molecule has 160 valence electrons. The molecule has 11 heteroatoms. The molecule has 0 aliphatic carbocycles. The van der Waals surface area contributed by atoms with Crippen LogP contribution in [0.1, 0.15) is 0 Å². The first-order valence-electron chi connectivity index (χ1n) is 9.54. The molecule has 0 N–H and O–H groups in total. The summed E-state index contributed by atoms with van der Waals surface area (Å²) in [7, 11) is 0. The number of aromatic nitrogens is 9. The molecule has 0 radical (unpaired) electrons. The quantitative estimate of drug-likeness (QED) is 0.277. The van der Waals surface area contributed by atoms with E-state index in [1.165, 1.54) is 12.7 Å². The second-order valence-corrected chi connectivity index (χ2v) is 6.69. The molecule has 6 rings (SSSR count). The predicted molar refractivity (Wildman–Crippen MR) is 113 cm³/mol. The summed E-state index contributed by atoms with van der Waals surface area (Å²) in [4.78, 5) is 0. The first-order chi connectivity index (χ1) is 15.9. The molecule has 0 bridgehead atoms. The Kier molecular flexibility index (Phi) is 5.50. The molecule has 3 aromatic carbocycles. The van der Waals surface area contributed by atoms with E-state index < -0.39 is 0 Å². The maximum atomic E-state index is 5.61. The summed E-state index contributed by atoms with van der Waals surface area (Å²) in [5.41, 5.74) is 3.34. The van der Waals surface area contributed by atoms with Crippen molar-refractivity contribution in [1.82, 2.24) is 45.4 Å². The fraction of sp³-hybridized carbons (Fsp3) is 0.